The molecule has 1 aliphatic heterocycles. The van der Waals surface area contributed by atoms with Crippen molar-refractivity contribution in [3.63, 3.8) is 0 Å². The molecule has 1 fully saturated rings. The summed E-state index contributed by atoms with van der Waals surface area (Å²) in [7, 11) is 0. The van der Waals surface area contributed by atoms with E-state index in [0.717, 1.165) is 18.5 Å². The molecule has 1 saturated heterocycles. The molecule has 0 unspecified atom stereocenters. The van der Waals surface area contributed by atoms with Gasteiger partial charge in [0.1, 0.15) is 5.75 Å². The van der Waals surface area contributed by atoms with Crippen molar-refractivity contribution in [2.75, 3.05) is 18.4 Å². The lowest BCUT2D eigenvalue weighted by Gasteiger charge is -2.31. The predicted molar refractivity (Wildman–Crippen MR) is 115 cm³/mol. The van der Waals surface area contributed by atoms with Crippen molar-refractivity contribution in [1.29, 1.82) is 0 Å². The maximum atomic E-state index is 13.4. The van der Waals surface area contributed by atoms with Gasteiger partial charge >= 0.3 is 6.36 Å². The highest BCUT2D eigenvalue weighted by molar-refractivity contribution is 6.07. The lowest BCUT2D eigenvalue weighted by Crippen LogP contribution is -2.39. The Morgan fingerprint density at radius 2 is 1.94 bits per heavy atom. The van der Waals surface area contributed by atoms with Gasteiger partial charge in [-0.1, -0.05) is 6.92 Å². The number of amides is 1. The van der Waals surface area contributed by atoms with Gasteiger partial charge in [0, 0.05) is 36.1 Å². The number of rotatable bonds is 4. The second-order valence-corrected chi connectivity index (χ2v) is 8.07. The van der Waals surface area contributed by atoms with Crippen molar-refractivity contribution < 1.29 is 22.7 Å². The summed E-state index contributed by atoms with van der Waals surface area (Å²) < 4.78 is 41.3. The minimum atomic E-state index is -4.76. The second kappa shape index (κ2) is 8.64. The van der Waals surface area contributed by atoms with Gasteiger partial charge < -0.3 is 15.0 Å². The molecule has 1 aromatic carbocycles. The van der Waals surface area contributed by atoms with Gasteiger partial charge in [0.05, 0.1) is 11.3 Å². The van der Waals surface area contributed by atoms with Gasteiger partial charge in [0.15, 0.2) is 5.65 Å². The Balaban J connectivity index is 1.71. The fourth-order valence-electron chi connectivity index (χ4n) is 3.90. The average Bonchev–Trinajstić information content (AvgIpc) is 2.73. The molecule has 6 nitrogen and oxygen atoms in total. The van der Waals surface area contributed by atoms with Gasteiger partial charge in [-0.3, -0.25) is 4.79 Å². The summed E-state index contributed by atoms with van der Waals surface area (Å²) in [5, 5.41) is 3.85. The molecule has 4 rings (SSSR count). The SMILES string of the molecule is Cc1ccc2c(Nc3ccc(OC(F)(F)F)cc3)c(C(=O)N3CCC[C@H](C)C3)cnc2n1. The molecule has 2 aromatic heterocycles. The van der Waals surface area contributed by atoms with Gasteiger partial charge in [-0.2, -0.15) is 0 Å². The first-order valence-corrected chi connectivity index (χ1v) is 10.4. The number of anilines is 2. The van der Waals surface area contributed by atoms with E-state index in [1.807, 2.05) is 24.0 Å². The Morgan fingerprint density at radius 1 is 1.19 bits per heavy atom. The molecule has 0 bridgehead atoms. The number of hydrogen-bond acceptors (Lipinski definition) is 5. The topological polar surface area (TPSA) is 67.3 Å². The van der Waals surface area contributed by atoms with Crippen LogP contribution in [0.2, 0.25) is 0 Å². The summed E-state index contributed by atoms with van der Waals surface area (Å²) in [6.45, 7) is 5.32. The molecule has 1 N–H and O–H groups in total. The van der Waals surface area contributed by atoms with Crippen molar-refractivity contribution in [3.8, 4) is 5.75 Å². The quantitative estimate of drug-likeness (QED) is 0.579. The van der Waals surface area contributed by atoms with Crippen LogP contribution >= 0.6 is 0 Å². The molecule has 3 heterocycles. The number of fused-ring (bicyclic) bond motifs is 1. The minimum absolute atomic E-state index is 0.133. The van der Waals surface area contributed by atoms with E-state index in [9.17, 15) is 18.0 Å². The van der Waals surface area contributed by atoms with Crippen LogP contribution in [0.4, 0.5) is 24.5 Å². The normalized spacial score (nSPS) is 16.8. The Kier molecular flexibility index (Phi) is 5.90. The third-order valence-corrected chi connectivity index (χ3v) is 5.40. The van der Waals surface area contributed by atoms with Crippen LogP contribution in [0.1, 0.15) is 35.8 Å². The Bertz CT molecular complexity index is 1130. The van der Waals surface area contributed by atoms with E-state index in [0.29, 0.717) is 47.0 Å². The zero-order chi connectivity index (χ0) is 22.9. The number of carbonyl (C=O) groups excluding carboxylic acids is 1. The Labute approximate surface area is 183 Å². The summed E-state index contributed by atoms with van der Waals surface area (Å²) in [5.74, 6) is -0.0346. The van der Waals surface area contributed by atoms with Gasteiger partial charge in [-0.25, -0.2) is 9.97 Å². The molecule has 1 aliphatic rings. The van der Waals surface area contributed by atoms with Crippen molar-refractivity contribution >= 4 is 28.3 Å². The second-order valence-electron chi connectivity index (χ2n) is 8.07. The van der Waals surface area contributed by atoms with Gasteiger partial charge in [0.2, 0.25) is 0 Å². The monoisotopic (exact) mass is 444 g/mol. The first kappa shape index (κ1) is 21.9. The zero-order valence-electron chi connectivity index (χ0n) is 17.7. The fraction of sp³-hybridized carbons (Fsp3) is 0.348. The van der Waals surface area contributed by atoms with E-state index >= 15 is 0 Å². The number of halogens is 3. The summed E-state index contributed by atoms with van der Waals surface area (Å²) in [6.07, 6.45) is -1.22. The van der Waals surface area contributed by atoms with Crippen LogP contribution in [0, 0.1) is 12.8 Å². The number of nitrogens with one attached hydrogen (secondary N) is 1. The third kappa shape index (κ3) is 4.92. The summed E-state index contributed by atoms with van der Waals surface area (Å²) in [5.41, 5.74) is 2.69. The number of likely N-dealkylation sites (tertiary alicyclic amines) is 1. The molecule has 0 saturated carbocycles. The number of carbonyl (C=O) groups is 1. The van der Waals surface area contributed by atoms with Crippen LogP contribution in [-0.2, 0) is 0 Å². The standard InChI is InChI=1S/C23H23F3N4O2/c1-14-4-3-11-30(13-14)22(31)19-12-27-21-18(10-5-15(2)28-21)20(19)29-16-6-8-17(9-7-16)32-23(24,25)26/h5-10,12,14H,3-4,11,13H2,1-2H3,(H,27,28,29)/t14-/m0/s1. The highest BCUT2D eigenvalue weighted by Gasteiger charge is 2.31. The van der Waals surface area contributed by atoms with E-state index in [-0.39, 0.29) is 11.7 Å². The number of ether oxygens (including phenoxy) is 1. The molecule has 1 amide bonds. The molecule has 0 spiro atoms. The van der Waals surface area contributed by atoms with Gasteiger partial charge in [-0.05, 0) is 62.1 Å². The summed E-state index contributed by atoms with van der Waals surface area (Å²) >= 11 is 0. The summed E-state index contributed by atoms with van der Waals surface area (Å²) in [6, 6.07) is 9.03. The number of hydrogen-bond donors (Lipinski definition) is 1. The number of aryl methyl sites for hydroxylation is 1. The smallest absolute Gasteiger partial charge is 0.406 e. The van der Waals surface area contributed by atoms with Gasteiger partial charge in [0.25, 0.3) is 5.91 Å². The van der Waals surface area contributed by atoms with Crippen molar-refractivity contribution in [1.82, 2.24) is 14.9 Å². The molecule has 0 radical (unpaired) electrons. The van der Waals surface area contributed by atoms with Crippen LogP contribution in [0.25, 0.3) is 11.0 Å². The number of alkyl halides is 3. The average molecular weight is 444 g/mol. The molecular formula is C23H23F3N4O2. The van der Waals surface area contributed by atoms with E-state index in [1.165, 1.54) is 30.5 Å². The largest absolute Gasteiger partial charge is 0.573 e. The molecule has 3 aromatic rings. The highest BCUT2D eigenvalue weighted by atomic mass is 19.4. The predicted octanol–water partition coefficient (Wildman–Crippen LogP) is 5.45. The number of benzene rings is 1. The molecule has 9 heteroatoms. The maximum Gasteiger partial charge on any atom is 0.573 e. The number of pyridine rings is 2. The minimum Gasteiger partial charge on any atom is -0.406 e. The zero-order valence-corrected chi connectivity index (χ0v) is 17.7. The highest BCUT2D eigenvalue weighted by Crippen LogP contribution is 2.32. The lowest BCUT2D eigenvalue weighted by atomic mass is 9.99. The van der Waals surface area contributed by atoms with Gasteiger partial charge in [-0.15, -0.1) is 13.2 Å². The molecular weight excluding hydrogens is 421 g/mol. The van der Waals surface area contributed by atoms with Crippen LogP contribution in [0.3, 0.4) is 0 Å². The third-order valence-electron chi connectivity index (χ3n) is 5.40. The number of nitrogens with zero attached hydrogens (tertiary/aromatic N) is 3. The molecule has 168 valence electrons. The van der Waals surface area contributed by atoms with Crippen molar-refractivity contribution in [2.24, 2.45) is 5.92 Å². The molecule has 1 atom stereocenters. The Morgan fingerprint density at radius 3 is 2.62 bits per heavy atom. The summed E-state index contributed by atoms with van der Waals surface area (Å²) in [4.78, 5) is 24.0. The molecule has 32 heavy (non-hydrogen) atoms. The maximum absolute atomic E-state index is 13.4. The number of piperidine rings is 1. The van der Waals surface area contributed by atoms with E-state index in [2.05, 4.69) is 26.9 Å². The Hall–Kier alpha value is -3.36. The first-order valence-electron chi connectivity index (χ1n) is 10.4. The van der Waals surface area contributed by atoms with Crippen molar-refractivity contribution in [2.45, 2.75) is 33.1 Å². The van der Waals surface area contributed by atoms with Crippen LogP contribution in [-0.4, -0.2) is 40.2 Å². The van der Waals surface area contributed by atoms with E-state index in [1.54, 1.807) is 0 Å². The van der Waals surface area contributed by atoms with Crippen LogP contribution in [0.15, 0.2) is 42.6 Å². The lowest BCUT2D eigenvalue weighted by molar-refractivity contribution is -0.274. The van der Waals surface area contributed by atoms with Crippen LogP contribution < -0.4 is 10.1 Å². The van der Waals surface area contributed by atoms with Crippen molar-refractivity contribution in [3.05, 3.63) is 53.9 Å². The molecule has 0 aliphatic carbocycles. The first-order chi connectivity index (χ1) is 15.2. The van der Waals surface area contributed by atoms with E-state index in [4.69, 9.17) is 0 Å². The fourth-order valence-corrected chi connectivity index (χ4v) is 3.90. The number of aromatic nitrogens is 2. The van der Waals surface area contributed by atoms with E-state index < -0.39 is 6.36 Å². The van der Waals surface area contributed by atoms with Crippen LogP contribution in [0.5, 0.6) is 5.75 Å².